The van der Waals surface area contributed by atoms with Gasteiger partial charge in [-0.25, -0.2) is 0 Å². The van der Waals surface area contributed by atoms with Crippen LogP contribution < -0.4 is 9.47 Å². The zero-order valence-electron chi connectivity index (χ0n) is 15.6. The van der Waals surface area contributed by atoms with Gasteiger partial charge in [-0.2, -0.15) is 0 Å². The zero-order chi connectivity index (χ0) is 19.5. The summed E-state index contributed by atoms with van der Waals surface area (Å²) in [6.07, 6.45) is 3.12. The average Bonchev–Trinajstić information content (AvgIpc) is 3.29. The van der Waals surface area contributed by atoms with Gasteiger partial charge in [0.2, 0.25) is 12.7 Å². The number of rotatable bonds is 6. The summed E-state index contributed by atoms with van der Waals surface area (Å²) in [7, 11) is 0. The Labute approximate surface area is 162 Å². The molecule has 0 fully saturated rings. The monoisotopic (exact) mass is 379 g/mol. The van der Waals surface area contributed by atoms with Gasteiger partial charge in [0.25, 0.3) is 5.91 Å². The number of aryl methyl sites for hydroxylation is 1. The Kier molecular flexibility index (Phi) is 4.97. The number of amides is 1. The smallest absolute Gasteiger partial charge is 0.295 e. The molecule has 3 aromatic rings. The molecule has 0 unspecified atom stereocenters. The lowest BCUT2D eigenvalue weighted by Gasteiger charge is -2.05. The first-order chi connectivity index (χ1) is 13.7. The SMILES string of the molecule is CCCCCn1c(O)c(N=NC(=O)c2ccc3c(c2)OCO3)c2ccccc21. The Morgan fingerprint density at radius 2 is 1.96 bits per heavy atom. The molecule has 7 heteroatoms. The number of nitrogens with zero attached hydrogens (tertiary/aromatic N) is 3. The van der Waals surface area contributed by atoms with Crippen molar-refractivity contribution in [2.24, 2.45) is 10.2 Å². The topological polar surface area (TPSA) is 85.4 Å². The van der Waals surface area contributed by atoms with Crippen LogP contribution in [0.25, 0.3) is 10.9 Å². The van der Waals surface area contributed by atoms with Crippen LogP contribution in [0.4, 0.5) is 5.69 Å². The first kappa shape index (κ1) is 18.0. The second kappa shape index (κ2) is 7.72. The van der Waals surface area contributed by atoms with Crippen LogP contribution in [0.2, 0.25) is 0 Å². The molecule has 1 aliphatic heterocycles. The summed E-state index contributed by atoms with van der Waals surface area (Å²) in [5.74, 6) is 0.623. The maximum Gasteiger partial charge on any atom is 0.295 e. The maximum atomic E-state index is 12.4. The van der Waals surface area contributed by atoms with Crippen molar-refractivity contribution in [3.8, 4) is 17.4 Å². The summed E-state index contributed by atoms with van der Waals surface area (Å²) in [5, 5.41) is 19.4. The van der Waals surface area contributed by atoms with Crippen molar-refractivity contribution in [2.75, 3.05) is 6.79 Å². The summed E-state index contributed by atoms with van der Waals surface area (Å²) in [6.45, 7) is 2.96. The molecule has 1 amide bonds. The molecule has 28 heavy (non-hydrogen) atoms. The molecule has 0 atom stereocenters. The van der Waals surface area contributed by atoms with Gasteiger partial charge in [-0.1, -0.05) is 38.0 Å². The lowest BCUT2D eigenvalue weighted by atomic mass is 10.2. The fourth-order valence-electron chi connectivity index (χ4n) is 3.30. The van der Waals surface area contributed by atoms with Gasteiger partial charge in [-0.15, -0.1) is 10.2 Å². The van der Waals surface area contributed by atoms with E-state index in [-0.39, 0.29) is 12.7 Å². The number of fused-ring (bicyclic) bond motifs is 2. The van der Waals surface area contributed by atoms with Crippen LogP contribution in [0.15, 0.2) is 52.7 Å². The number of azo groups is 1. The number of ether oxygens (including phenoxy) is 2. The largest absolute Gasteiger partial charge is 0.493 e. The van der Waals surface area contributed by atoms with Crippen molar-refractivity contribution in [1.29, 1.82) is 0 Å². The Hall–Kier alpha value is -3.35. The Balaban J connectivity index is 1.63. The summed E-state index contributed by atoms with van der Waals surface area (Å²) in [6, 6.07) is 12.4. The highest BCUT2D eigenvalue weighted by Gasteiger charge is 2.18. The third-order valence-corrected chi connectivity index (χ3v) is 4.76. The Morgan fingerprint density at radius 1 is 1.14 bits per heavy atom. The quantitative estimate of drug-likeness (QED) is 0.472. The molecule has 1 N–H and O–H groups in total. The molecule has 1 aromatic heterocycles. The average molecular weight is 379 g/mol. The maximum absolute atomic E-state index is 12.4. The van der Waals surface area contributed by atoms with Gasteiger partial charge in [0.15, 0.2) is 17.2 Å². The van der Waals surface area contributed by atoms with Crippen molar-refractivity contribution in [1.82, 2.24) is 4.57 Å². The number of hydrogen-bond acceptors (Lipinski definition) is 5. The van der Waals surface area contributed by atoms with Crippen molar-refractivity contribution >= 4 is 22.5 Å². The summed E-state index contributed by atoms with van der Waals surface area (Å²) < 4.78 is 12.4. The second-order valence-electron chi connectivity index (χ2n) is 6.62. The van der Waals surface area contributed by atoms with Gasteiger partial charge in [0, 0.05) is 17.5 Å². The highest BCUT2D eigenvalue weighted by atomic mass is 16.7. The lowest BCUT2D eigenvalue weighted by molar-refractivity contribution is 0.0994. The van der Waals surface area contributed by atoms with E-state index >= 15 is 0 Å². The minimum absolute atomic E-state index is 0.0274. The lowest BCUT2D eigenvalue weighted by Crippen LogP contribution is -1.96. The fourth-order valence-corrected chi connectivity index (χ4v) is 3.30. The summed E-state index contributed by atoms with van der Waals surface area (Å²) in [4.78, 5) is 12.4. The van der Waals surface area contributed by atoms with Gasteiger partial charge in [0.1, 0.15) is 0 Å². The predicted octanol–water partition coefficient (Wildman–Crippen LogP) is 5.19. The van der Waals surface area contributed by atoms with E-state index in [0.717, 1.165) is 30.2 Å². The van der Waals surface area contributed by atoms with Crippen LogP contribution in [-0.4, -0.2) is 22.4 Å². The third kappa shape index (κ3) is 3.31. The van der Waals surface area contributed by atoms with E-state index in [1.807, 2.05) is 28.8 Å². The number of unbranched alkanes of at least 4 members (excludes halogenated alkanes) is 2. The van der Waals surface area contributed by atoms with Crippen LogP contribution in [0, 0.1) is 0 Å². The second-order valence-corrected chi connectivity index (χ2v) is 6.62. The molecule has 144 valence electrons. The predicted molar refractivity (Wildman–Crippen MR) is 105 cm³/mol. The number of aromatic hydroxyl groups is 1. The first-order valence-corrected chi connectivity index (χ1v) is 9.35. The molecule has 0 aliphatic carbocycles. The molecular weight excluding hydrogens is 358 g/mol. The molecule has 2 aromatic carbocycles. The molecule has 0 saturated carbocycles. The van der Waals surface area contributed by atoms with E-state index in [9.17, 15) is 9.90 Å². The van der Waals surface area contributed by atoms with E-state index in [4.69, 9.17) is 9.47 Å². The van der Waals surface area contributed by atoms with Crippen molar-refractivity contribution in [3.63, 3.8) is 0 Å². The van der Waals surface area contributed by atoms with E-state index in [0.29, 0.717) is 29.3 Å². The molecule has 2 heterocycles. The van der Waals surface area contributed by atoms with Crippen LogP contribution in [0.3, 0.4) is 0 Å². The number of benzene rings is 2. The molecule has 0 saturated heterocycles. The molecule has 0 radical (unpaired) electrons. The number of hydrogen-bond donors (Lipinski definition) is 1. The van der Waals surface area contributed by atoms with E-state index in [1.54, 1.807) is 18.2 Å². The van der Waals surface area contributed by atoms with Crippen molar-refractivity contribution < 1.29 is 19.4 Å². The standard InChI is InChI=1S/C21H21N3O4/c1-2-3-6-11-24-16-8-5-4-7-15(16)19(21(24)26)22-23-20(25)14-9-10-17-18(12-14)28-13-27-17/h4-5,7-10,12,26H,2-3,6,11,13H2,1H3. The highest BCUT2D eigenvalue weighted by molar-refractivity contribution is 5.97. The fraction of sp³-hybridized carbons (Fsp3) is 0.286. The zero-order valence-corrected chi connectivity index (χ0v) is 15.6. The van der Waals surface area contributed by atoms with Crippen LogP contribution in [0.5, 0.6) is 17.4 Å². The number of carbonyl (C=O) groups is 1. The molecular formula is C21H21N3O4. The molecule has 0 spiro atoms. The number of para-hydroxylation sites is 1. The van der Waals surface area contributed by atoms with Crippen molar-refractivity contribution in [2.45, 2.75) is 32.7 Å². The number of carbonyl (C=O) groups excluding carboxylic acids is 1. The number of aromatic nitrogens is 1. The minimum Gasteiger partial charge on any atom is -0.493 e. The Bertz CT molecular complexity index is 1060. The summed E-state index contributed by atoms with van der Waals surface area (Å²) >= 11 is 0. The summed E-state index contributed by atoms with van der Waals surface area (Å²) in [5.41, 5.74) is 1.53. The van der Waals surface area contributed by atoms with Crippen LogP contribution in [0.1, 0.15) is 36.5 Å². The van der Waals surface area contributed by atoms with Gasteiger partial charge in [-0.05, 0) is 30.7 Å². The molecule has 7 nitrogen and oxygen atoms in total. The van der Waals surface area contributed by atoms with Crippen LogP contribution >= 0.6 is 0 Å². The van der Waals surface area contributed by atoms with E-state index < -0.39 is 5.91 Å². The normalized spacial score (nSPS) is 12.9. The first-order valence-electron chi connectivity index (χ1n) is 9.35. The van der Waals surface area contributed by atoms with Gasteiger partial charge in [0.05, 0.1) is 5.52 Å². The van der Waals surface area contributed by atoms with Gasteiger partial charge in [-0.3, -0.25) is 4.79 Å². The van der Waals surface area contributed by atoms with Crippen molar-refractivity contribution in [3.05, 3.63) is 48.0 Å². The van der Waals surface area contributed by atoms with Gasteiger partial charge < -0.3 is 19.1 Å². The minimum atomic E-state index is -0.513. The van der Waals surface area contributed by atoms with E-state index in [2.05, 4.69) is 17.2 Å². The molecule has 0 bridgehead atoms. The Morgan fingerprint density at radius 3 is 2.82 bits per heavy atom. The van der Waals surface area contributed by atoms with Crippen LogP contribution in [-0.2, 0) is 6.54 Å². The van der Waals surface area contributed by atoms with Gasteiger partial charge >= 0.3 is 0 Å². The highest BCUT2D eigenvalue weighted by Crippen LogP contribution is 2.39. The molecule has 4 rings (SSSR count). The van der Waals surface area contributed by atoms with E-state index in [1.165, 1.54) is 0 Å². The third-order valence-electron chi connectivity index (χ3n) is 4.76. The molecule has 1 aliphatic rings.